The van der Waals surface area contributed by atoms with Crippen LogP contribution in [0, 0.1) is 12.3 Å². The summed E-state index contributed by atoms with van der Waals surface area (Å²) in [5.41, 5.74) is 6.76. The Labute approximate surface area is 276 Å². The highest BCUT2D eigenvalue weighted by Crippen LogP contribution is 2.52. The molecule has 0 saturated carbocycles. The van der Waals surface area contributed by atoms with Crippen LogP contribution >= 0.6 is 15.9 Å². The van der Waals surface area contributed by atoms with E-state index in [1.54, 1.807) is 0 Å². The number of piperidine rings is 1. The number of hydrogen-bond acceptors (Lipinski definition) is 6. The van der Waals surface area contributed by atoms with Gasteiger partial charge in [0.1, 0.15) is 10.1 Å². The maximum absolute atomic E-state index is 13.5. The number of nitrogens with zero attached hydrogens (tertiary/aromatic N) is 5. The minimum Gasteiger partial charge on any atom is -0.410 e. The molecule has 1 aliphatic carbocycles. The van der Waals surface area contributed by atoms with Crippen LogP contribution in [0.1, 0.15) is 104 Å². The van der Waals surface area contributed by atoms with E-state index < -0.39 is 19.3 Å². The molecule has 4 heterocycles. The molecular formula is C33H51BrN6O2SSi. The van der Waals surface area contributed by atoms with E-state index >= 15 is 0 Å². The van der Waals surface area contributed by atoms with E-state index in [4.69, 9.17) is 14.4 Å². The fraction of sp³-hybridized carbons (Fsp3) is 0.667. The van der Waals surface area contributed by atoms with E-state index in [1.165, 1.54) is 5.56 Å². The highest BCUT2D eigenvalue weighted by molar-refractivity contribution is 9.10. The van der Waals surface area contributed by atoms with Crippen molar-refractivity contribution in [3.8, 4) is 0 Å². The number of halogens is 1. The van der Waals surface area contributed by atoms with Gasteiger partial charge in [-0.05, 0) is 103 Å². The predicted octanol–water partition coefficient (Wildman–Crippen LogP) is 7.82. The van der Waals surface area contributed by atoms with Crippen molar-refractivity contribution in [2.45, 2.75) is 123 Å². The Morgan fingerprint density at radius 3 is 2.30 bits per heavy atom. The van der Waals surface area contributed by atoms with Crippen molar-refractivity contribution in [2.24, 2.45) is 5.41 Å². The number of aromatic nitrogens is 4. The van der Waals surface area contributed by atoms with E-state index in [-0.39, 0.29) is 16.2 Å². The second kappa shape index (κ2) is 12.5. The zero-order valence-electron chi connectivity index (χ0n) is 28.2. The molecule has 11 heteroatoms. The molecular weight excluding hydrogens is 652 g/mol. The van der Waals surface area contributed by atoms with Gasteiger partial charge in [-0.15, -0.1) is 0 Å². The fourth-order valence-corrected chi connectivity index (χ4v) is 14.6. The quantitative estimate of drug-likeness (QED) is 0.229. The summed E-state index contributed by atoms with van der Waals surface area (Å²) in [5.74, 6) is 0.974. The zero-order valence-corrected chi connectivity index (χ0v) is 31.6. The molecule has 1 fully saturated rings. The maximum atomic E-state index is 13.5. The lowest BCUT2D eigenvalue weighted by molar-refractivity contribution is 0.176. The molecule has 2 atom stereocenters. The minimum absolute atomic E-state index is 0.0211. The Kier molecular flexibility index (Phi) is 9.58. The van der Waals surface area contributed by atoms with Crippen LogP contribution in [0.2, 0.25) is 16.6 Å². The number of nitrogens with one attached hydrogen (secondary N) is 1. The van der Waals surface area contributed by atoms with Crippen LogP contribution in [-0.2, 0) is 28.4 Å². The summed E-state index contributed by atoms with van der Waals surface area (Å²) < 4.78 is 26.5. The molecule has 1 aliphatic heterocycles. The van der Waals surface area contributed by atoms with Crippen LogP contribution in [0.15, 0.2) is 29.0 Å². The standard InChI is InChI=1S/C33H51BrN6O2SSi/c1-21(2)44(22(3)4,23(5)6)42-20-25-11-12-26-27(37-25)19-33(29(26)38-43(41)32(8,9)10)14-17-39(18-15-33)31-28-13-16-35-40(28)30(34)24(7)36-31/h11-13,16,21-23,29,38H,14-15,17-20H2,1-10H3/t29-,43?/m1/s1. The van der Waals surface area contributed by atoms with Gasteiger partial charge in [-0.1, -0.05) is 47.6 Å². The summed E-state index contributed by atoms with van der Waals surface area (Å²) >= 11 is 3.65. The molecule has 44 heavy (non-hydrogen) atoms. The topological polar surface area (TPSA) is 84.6 Å². The summed E-state index contributed by atoms with van der Waals surface area (Å²) in [6.45, 7) is 24.4. The van der Waals surface area contributed by atoms with Crippen molar-refractivity contribution in [1.29, 1.82) is 0 Å². The van der Waals surface area contributed by atoms with Gasteiger partial charge in [-0.2, -0.15) is 5.10 Å². The highest BCUT2D eigenvalue weighted by atomic mass is 79.9. The minimum atomic E-state index is -2.01. The lowest BCUT2D eigenvalue weighted by Gasteiger charge is -2.44. The van der Waals surface area contributed by atoms with E-state index in [2.05, 4.69) is 84.3 Å². The van der Waals surface area contributed by atoms with Crippen LogP contribution in [-0.4, -0.2) is 49.9 Å². The third-order valence-electron chi connectivity index (χ3n) is 10.2. The van der Waals surface area contributed by atoms with Gasteiger partial charge in [-0.25, -0.2) is 18.4 Å². The van der Waals surface area contributed by atoms with E-state index in [0.29, 0.717) is 23.2 Å². The first-order valence-electron chi connectivity index (χ1n) is 16.2. The van der Waals surface area contributed by atoms with Crippen LogP contribution in [0.3, 0.4) is 0 Å². The van der Waals surface area contributed by atoms with Crippen molar-refractivity contribution >= 4 is 46.6 Å². The Morgan fingerprint density at radius 1 is 1.07 bits per heavy atom. The van der Waals surface area contributed by atoms with Gasteiger partial charge in [0, 0.05) is 18.8 Å². The summed E-state index contributed by atoms with van der Waals surface area (Å²) in [6, 6.07) is 6.39. The molecule has 5 rings (SSSR count). The summed E-state index contributed by atoms with van der Waals surface area (Å²) in [4.78, 5) is 12.6. The number of fused-ring (bicyclic) bond motifs is 2. The van der Waals surface area contributed by atoms with Crippen LogP contribution < -0.4 is 9.62 Å². The molecule has 8 nitrogen and oxygen atoms in total. The first-order valence-corrected chi connectivity index (χ1v) is 20.2. The molecule has 0 radical (unpaired) electrons. The normalized spacial score (nSPS) is 19.6. The molecule has 1 spiro atoms. The predicted molar refractivity (Wildman–Crippen MR) is 187 cm³/mol. The summed E-state index contributed by atoms with van der Waals surface area (Å²) in [5, 5.41) is 4.51. The number of anilines is 1. The van der Waals surface area contributed by atoms with Gasteiger partial charge >= 0.3 is 0 Å². The number of rotatable bonds is 9. The number of pyridine rings is 1. The SMILES string of the molecule is Cc1nc(N2CCC3(CC2)Cc2nc(CO[Si](C(C)C)(C(C)C)C(C)C)ccc2[C@H]3NS(=O)C(C)(C)C)c2ccnn2c1Br. The second-order valence-electron chi connectivity index (χ2n) is 14.8. The summed E-state index contributed by atoms with van der Waals surface area (Å²) in [7, 11) is -3.21. The fourth-order valence-electron chi connectivity index (χ4n) is 7.89. The van der Waals surface area contributed by atoms with E-state index in [1.807, 2.05) is 44.5 Å². The molecule has 1 saturated heterocycles. The Morgan fingerprint density at radius 2 is 1.70 bits per heavy atom. The smallest absolute Gasteiger partial charge is 0.200 e. The van der Waals surface area contributed by atoms with Crippen molar-refractivity contribution in [1.82, 2.24) is 24.3 Å². The van der Waals surface area contributed by atoms with Crippen molar-refractivity contribution < 1.29 is 8.63 Å². The van der Waals surface area contributed by atoms with Gasteiger partial charge in [0.2, 0.25) is 8.32 Å². The average molecular weight is 704 g/mol. The largest absolute Gasteiger partial charge is 0.410 e. The van der Waals surface area contributed by atoms with E-state index in [0.717, 1.165) is 65.4 Å². The molecule has 2 aliphatic rings. The first kappa shape index (κ1) is 33.7. The van der Waals surface area contributed by atoms with Gasteiger partial charge in [-0.3, -0.25) is 4.98 Å². The number of hydrogen-bond donors (Lipinski definition) is 1. The Bertz CT molecular complexity index is 1500. The second-order valence-corrected chi connectivity index (χ2v) is 23.1. The highest BCUT2D eigenvalue weighted by Gasteiger charge is 2.50. The number of aryl methyl sites for hydroxylation is 1. The first-order chi connectivity index (χ1) is 20.6. The lowest BCUT2D eigenvalue weighted by Crippen LogP contribution is -2.48. The van der Waals surface area contributed by atoms with E-state index in [9.17, 15) is 4.21 Å². The third kappa shape index (κ3) is 5.96. The zero-order chi connectivity index (χ0) is 32.2. The van der Waals surface area contributed by atoms with Gasteiger partial charge in [0.05, 0.1) is 46.0 Å². The van der Waals surface area contributed by atoms with Crippen LogP contribution in [0.25, 0.3) is 5.52 Å². The molecule has 0 bridgehead atoms. The van der Waals surface area contributed by atoms with Gasteiger partial charge < -0.3 is 9.33 Å². The van der Waals surface area contributed by atoms with Crippen molar-refractivity contribution in [3.63, 3.8) is 0 Å². The molecule has 242 valence electrons. The van der Waals surface area contributed by atoms with Crippen LogP contribution in [0.4, 0.5) is 5.82 Å². The molecule has 3 aromatic rings. The lowest BCUT2D eigenvalue weighted by atomic mass is 9.73. The molecule has 0 aromatic carbocycles. The molecule has 1 unspecified atom stereocenters. The summed E-state index contributed by atoms with van der Waals surface area (Å²) in [6.07, 6.45) is 4.61. The monoisotopic (exact) mass is 702 g/mol. The Balaban J connectivity index is 1.42. The van der Waals surface area contributed by atoms with Crippen molar-refractivity contribution in [3.05, 3.63) is 51.6 Å². The molecule has 0 amide bonds. The average Bonchev–Trinajstić information content (AvgIpc) is 3.54. The third-order valence-corrected chi connectivity index (χ3v) is 18.7. The van der Waals surface area contributed by atoms with Crippen molar-refractivity contribution in [2.75, 3.05) is 18.0 Å². The molecule has 1 N–H and O–H groups in total. The Hall–Kier alpha value is -1.66. The maximum Gasteiger partial charge on any atom is 0.200 e. The van der Waals surface area contributed by atoms with Gasteiger partial charge in [0.25, 0.3) is 0 Å². The molecule has 3 aromatic heterocycles. The van der Waals surface area contributed by atoms with Crippen LogP contribution in [0.5, 0.6) is 0 Å². The van der Waals surface area contributed by atoms with Gasteiger partial charge in [0.15, 0.2) is 5.82 Å².